The van der Waals surface area contributed by atoms with E-state index in [1.165, 1.54) is 12.1 Å². The van der Waals surface area contributed by atoms with E-state index < -0.39 is 47.8 Å². The van der Waals surface area contributed by atoms with Crippen molar-refractivity contribution < 1.29 is 29.1 Å². The highest BCUT2D eigenvalue weighted by Gasteiger charge is 2.30. The summed E-state index contributed by atoms with van der Waals surface area (Å²) in [5, 5.41) is 20.5. The van der Waals surface area contributed by atoms with Gasteiger partial charge < -0.3 is 48.4 Å². The lowest BCUT2D eigenvalue weighted by Crippen LogP contribution is -2.57. The maximum absolute atomic E-state index is 13.7. The normalized spacial score (nSPS) is 13.2. The Morgan fingerprint density at radius 2 is 1.33 bits per heavy atom. The van der Waals surface area contributed by atoms with Crippen molar-refractivity contribution in [1.29, 1.82) is 0 Å². The summed E-state index contributed by atoms with van der Waals surface area (Å²) in [5.74, 6) is -2.19. The minimum absolute atomic E-state index is 0.0670. The van der Waals surface area contributed by atoms with Gasteiger partial charge in [0.25, 0.3) is 5.91 Å². The Bertz CT molecular complexity index is 1330. The minimum Gasteiger partial charge on any atom is -0.508 e. The molecule has 0 bridgehead atoms. The van der Waals surface area contributed by atoms with Gasteiger partial charge >= 0.3 is 0 Å². The second-order valence-electron chi connectivity index (χ2n) is 11.5. The number of guanidine groups is 1. The molecule has 2 aromatic rings. The topological polar surface area (TPSA) is 244 Å². The van der Waals surface area contributed by atoms with Crippen molar-refractivity contribution >= 4 is 35.9 Å². The van der Waals surface area contributed by atoms with Crippen LogP contribution in [-0.2, 0) is 25.6 Å². The Hall–Kier alpha value is -4.98. The number of amides is 4. The minimum atomic E-state index is -1.09. The lowest BCUT2D eigenvalue weighted by Gasteiger charge is -2.26. The van der Waals surface area contributed by atoms with Crippen molar-refractivity contribution in [2.45, 2.75) is 88.9 Å². The Labute approximate surface area is 281 Å². The molecule has 4 amide bonds. The first-order valence-electron chi connectivity index (χ1n) is 16.3. The zero-order valence-electron chi connectivity index (χ0n) is 27.5. The maximum atomic E-state index is 13.7. The van der Waals surface area contributed by atoms with Crippen LogP contribution in [0.1, 0.15) is 74.2 Å². The van der Waals surface area contributed by atoms with Gasteiger partial charge in [0.1, 0.15) is 30.2 Å². The number of carbonyl (C=O) groups is 5. The van der Waals surface area contributed by atoms with Gasteiger partial charge in [-0.1, -0.05) is 50.1 Å². The van der Waals surface area contributed by atoms with Crippen LogP contribution in [0.3, 0.4) is 0 Å². The van der Waals surface area contributed by atoms with E-state index in [9.17, 15) is 29.1 Å². The summed E-state index contributed by atoms with van der Waals surface area (Å²) in [7, 11) is 0. The molecule has 0 saturated heterocycles. The van der Waals surface area contributed by atoms with E-state index in [1.807, 2.05) is 6.92 Å². The van der Waals surface area contributed by atoms with Gasteiger partial charge in [-0.15, -0.1) is 0 Å². The van der Waals surface area contributed by atoms with Crippen LogP contribution in [0.2, 0.25) is 0 Å². The van der Waals surface area contributed by atoms with Gasteiger partial charge in [0, 0.05) is 12.1 Å². The Kier molecular flexibility index (Phi) is 17.8. The van der Waals surface area contributed by atoms with Gasteiger partial charge in [0.15, 0.2) is 5.96 Å². The molecule has 0 aliphatic heterocycles. The molecular weight excluding hydrogens is 616 g/mol. The van der Waals surface area contributed by atoms with E-state index >= 15 is 0 Å². The monoisotopic (exact) mass is 666 g/mol. The summed E-state index contributed by atoms with van der Waals surface area (Å²) in [6.07, 6.45) is 4.40. The van der Waals surface area contributed by atoms with Crippen LogP contribution in [-0.4, -0.2) is 78.2 Å². The number of nitrogens with zero attached hydrogens (tertiary/aromatic N) is 1. The molecule has 2 aromatic carbocycles. The molecule has 0 aliphatic rings. The van der Waals surface area contributed by atoms with Crippen LogP contribution in [0.15, 0.2) is 59.6 Å². The summed E-state index contributed by atoms with van der Waals surface area (Å²) < 4.78 is 0. The molecule has 262 valence electrons. The predicted octanol–water partition coefficient (Wildman–Crippen LogP) is 0.759. The van der Waals surface area contributed by atoms with Crippen LogP contribution in [0.5, 0.6) is 5.75 Å². The highest BCUT2D eigenvalue weighted by Crippen LogP contribution is 2.12. The van der Waals surface area contributed by atoms with Crippen molar-refractivity contribution in [3.05, 3.63) is 65.7 Å². The molecule has 2 rings (SSSR count). The number of rotatable bonds is 22. The molecule has 11 N–H and O–H groups in total. The highest BCUT2D eigenvalue weighted by atomic mass is 16.3. The molecule has 48 heavy (non-hydrogen) atoms. The molecule has 14 nitrogen and oxygen atoms in total. The number of nitrogens with one attached hydrogen (secondary N) is 4. The fraction of sp³-hybridized carbons (Fsp3) is 0.471. The van der Waals surface area contributed by atoms with Gasteiger partial charge in [-0.2, -0.15) is 0 Å². The van der Waals surface area contributed by atoms with E-state index in [4.69, 9.17) is 17.2 Å². The number of carbonyl (C=O) groups excluding carboxylic acids is 5. The van der Waals surface area contributed by atoms with E-state index in [1.54, 1.807) is 42.5 Å². The number of hydrogen-bond donors (Lipinski definition) is 8. The zero-order valence-corrected chi connectivity index (χ0v) is 27.5. The molecule has 0 saturated carbocycles. The fourth-order valence-corrected chi connectivity index (χ4v) is 4.89. The van der Waals surface area contributed by atoms with Crippen LogP contribution < -0.4 is 38.5 Å². The first-order chi connectivity index (χ1) is 23.1. The molecule has 0 fully saturated rings. The second kappa shape index (κ2) is 21.7. The van der Waals surface area contributed by atoms with Gasteiger partial charge in [-0.05, 0) is 81.3 Å². The van der Waals surface area contributed by atoms with Gasteiger partial charge in [0.2, 0.25) is 17.7 Å². The molecule has 4 atom stereocenters. The number of nitrogens with two attached hydrogens (primary N) is 3. The number of hydrogen-bond acceptors (Lipinski definition) is 8. The summed E-state index contributed by atoms with van der Waals surface area (Å²) in [6.45, 7) is 2.55. The summed E-state index contributed by atoms with van der Waals surface area (Å²) in [5.41, 5.74) is 17.6. The number of benzene rings is 2. The van der Waals surface area contributed by atoms with E-state index in [-0.39, 0.29) is 37.5 Å². The molecular formula is C34H50N8O6. The lowest BCUT2D eigenvalue weighted by molar-refractivity contribution is -0.133. The number of phenols is 1. The summed E-state index contributed by atoms with van der Waals surface area (Å²) in [6, 6.07) is 10.8. The zero-order chi connectivity index (χ0) is 35.3. The average molecular weight is 667 g/mol. The summed E-state index contributed by atoms with van der Waals surface area (Å²) >= 11 is 0. The van der Waals surface area contributed by atoms with Crippen molar-refractivity contribution in [2.24, 2.45) is 22.2 Å². The third kappa shape index (κ3) is 14.6. The third-order valence-electron chi connectivity index (χ3n) is 7.55. The average Bonchev–Trinajstić information content (AvgIpc) is 3.08. The molecule has 0 aromatic heterocycles. The quantitative estimate of drug-likeness (QED) is 0.0382. The van der Waals surface area contributed by atoms with Gasteiger partial charge in [0.05, 0.1) is 6.04 Å². The highest BCUT2D eigenvalue weighted by molar-refractivity contribution is 5.98. The molecule has 14 heteroatoms. The molecule has 0 aliphatic carbocycles. The van der Waals surface area contributed by atoms with Crippen molar-refractivity contribution in [3.8, 4) is 5.75 Å². The van der Waals surface area contributed by atoms with Crippen molar-refractivity contribution in [1.82, 2.24) is 21.3 Å². The second-order valence-corrected chi connectivity index (χ2v) is 11.5. The number of unbranched alkanes of at least 4 members (excludes halogenated alkanes) is 2. The van der Waals surface area contributed by atoms with Crippen LogP contribution in [0, 0.1) is 0 Å². The molecule has 0 spiro atoms. The Morgan fingerprint density at radius 3 is 1.90 bits per heavy atom. The van der Waals surface area contributed by atoms with Crippen molar-refractivity contribution in [2.75, 3.05) is 13.1 Å². The number of phenolic OH excluding ortho intramolecular Hbond substituents is 1. The fourth-order valence-electron chi connectivity index (χ4n) is 4.89. The SMILES string of the molecule is CCCC[C@H](NC(=O)c1ccccc1)C(=O)N[C@@H](CCCCN)C(=O)N[C@@H](CCCN=C(N)N)C(=O)N[C@H](C=O)Cc1ccc(O)cc1. The van der Waals surface area contributed by atoms with Gasteiger partial charge in [-0.25, -0.2) is 0 Å². The number of aromatic hydroxyl groups is 1. The standard InChI is InChI=1S/C34H50N8O6/c1-2-3-12-27(40-30(45)24-10-5-4-6-11-24)32(47)41-28(13-7-8-19-35)33(48)42-29(14-9-20-38-34(36)37)31(46)39-25(22-43)21-23-15-17-26(44)18-16-23/h4-6,10-11,15-18,22,25,27-29,44H,2-3,7-9,12-14,19-21,35H2,1H3,(H,39,46)(H,40,45)(H,41,47)(H,42,48)(H4,36,37,38)/t25-,27-,28-,29-/m0/s1. The van der Waals surface area contributed by atoms with E-state index in [0.29, 0.717) is 56.1 Å². The molecule has 0 radical (unpaired) electrons. The first-order valence-corrected chi connectivity index (χ1v) is 16.3. The third-order valence-corrected chi connectivity index (χ3v) is 7.55. The van der Waals surface area contributed by atoms with Crippen LogP contribution in [0.4, 0.5) is 0 Å². The molecule has 0 unspecified atom stereocenters. The Balaban J connectivity index is 2.23. The molecule has 0 heterocycles. The largest absolute Gasteiger partial charge is 0.508 e. The van der Waals surface area contributed by atoms with E-state index in [2.05, 4.69) is 26.3 Å². The first kappa shape index (κ1) is 39.2. The van der Waals surface area contributed by atoms with Gasteiger partial charge in [-0.3, -0.25) is 24.2 Å². The summed E-state index contributed by atoms with van der Waals surface area (Å²) in [4.78, 5) is 69.4. The smallest absolute Gasteiger partial charge is 0.251 e. The van der Waals surface area contributed by atoms with Crippen LogP contribution in [0.25, 0.3) is 0 Å². The number of aldehydes is 1. The lowest BCUT2D eigenvalue weighted by atomic mass is 10.0. The van der Waals surface area contributed by atoms with Crippen LogP contribution >= 0.6 is 0 Å². The predicted molar refractivity (Wildman–Crippen MR) is 184 cm³/mol. The Morgan fingerprint density at radius 1 is 0.771 bits per heavy atom. The maximum Gasteiger partial charge on any atom is 0.251 e. The number of aliphatic imine (C=N–C) groups is 1. The van der Waals surface area contributed by atoms with Crippen molar-refractivity contribution in [3.63, 3.8) is 0 Å². The van der Waals surface area contributed by atoms with E-state index in [0.717, 1.165) is 6.42 Å².